The van der Waals surface area contributed by atoms with Gasteiger partial charge in [0.1, 0.15) is 36.1 Å². The van der Waals surface area contributed by atoms with Gasteiger partial charge in [-0.1, -0.05) is 51.1 Å². The first-order chi connectivity index (χ1) is 22.3. The van der Waals surface area contributed by atoms with Crippen molar-refractivity contribution in [2.45, 2.75) is 92.8 Å². The molecule has 2 aromatic rings. The summed E-state index contributed by atoms with van der Waals surface area (Å²) in [5, 5.41) is 12.9. The number of benzene rings is 2. The van der Waals surface area contributed by atoms with Crippen LogP contribution in [0.5, 0.6) is 0 Å². The lowest BCUT2D eigenvalue weighted by molar-refractivity contribution is -0.236. The van der Waals surface area contributed by atoms with Crippen LogP contribution in [0.3, 0.4) is 0 Å². The average Bonchev–Trinajstić information content (AvgIpc) is 3.96. The van der Waals surface area contributed by atoms with Gasteiger partial charge in [0.2, 0.25) is 0 Å². The van der Waals surface area contributed by atoms with Crippen LogP contribution < -0.4 is 0 Å². The summed E-state index contributed by atoms with van der Waals surface area (Å²) in [7, 11) is -3.25. The largest absolute Gasteiger partial charge is 0.465 e. The minimum absolute atomic E-state index is 0.105. The zero-order valence-electron chi connectivity index (χ0n) is 26.6. The van der Waals surface area contributed by atoms with Gasteiger partial charge in [-0.15, -0.1) is 0 Å². The predicted molar refractivity (Wildman–Crippen MR) is 163 cm³/mol. The third-order valence-corrected chi connectivity index (χ3v) is 13.2. The second kappa shape index (κ2) is 10.2. The van der Waals surface area contributed by atoms with E-state index in [1.807, 2.05) is 44.2 Å². The van der Waals surface area contributed by atoms with Crippen LogP contribution in [0.4, 0.5) is 0 Å². The van der Waals surface area contributed by atoms with Crippen molar-refractivity contribution in [3.05, 3.63) is 76.9 Å². The summed E-state index contributed by atoms with van der Waals surface area (Å²) in [4.78, 5) is 24.4. The van der Waals surface area contributed by atoms with Crippen molar-refractivity contribution >= 4 is 22.1 Å². The molecular formula is C35H38O11S. The summed E-state index contributed by atoms with van der Waals surface area (Å²) >= 11 is 0. The monoisotopic (exact) mass is 666 g/mol. The van der Waals surface area contributed by atoms with Crippen LogP contribution in [0.15, 0.2) is 70.6 Å². The van der Waals surface area contributed by atoms with Gasteiger partial charge in [0, 0.05) is 11.0 Å². The first kappa shape index (κ1) is 31.2. The number of cyclic esters (lactones) is 1. The Labute approximate surface area is 273 Å². The van der Waals surface area contributed by atoms with Gasteiger partial charge in [-0.2, -0.15) is 8.42 Å². The average molecular weight is 667 g/mol. The molecule has 8 rings (SSSR count). The molecule has 0 radical (unpaired) electrons. The summed E-state index contributed by atoms with van der Waals surface area (Å²) in [6, 6.07) is 14.8. The van der Waals surface area contributed by atoms with Crippen LogP contribution in [0.25, 0.3) is 0 Å². The van der Waals surface area contributed by atoms with E-state index in [0.29, 0.717) is 24.8 Å². The molecule has 3 aliphatic carbocycles. The Hall–Kier alpha value is -3.13. The number of methoxy groups -OCH3 is 1. The quantitative estimate of drug-likeness (QED) is 0.251. The Morgan fingerprint density at radius 2 is 1.81 bits per heavy atom. The molecule has 2 saturated carbocycles. The second-order valence-corrected chi connectivity index (χ2v) is 15.7. The van der Waals surface area contributed by atoms with Crippen molar-refractivity contribution in [2.75, 3.05) is 13.7 Å². The van der Waals surface area contributed by atoms with Crippen molar-refractivity contribution in [3.63, 3.8) is 0 Å². The maximum atomic E-state index is 14.0. The number of rotatable bonds is 8. The van der Waals surface area contributed by atoms with Crippen LogP contribution in [0.1, 0.15) is 56.0 Å². The standard InChI is InChI=1S/C35H38O11S/c1-19(2)33(38)27(46-47(39,40)22-12-10-21(11-13-22)29(36)41-4)28-35(45-28)32(3)15-14-23-24(18-42-30(23)37)25(32)16-26-34(35,44-26)31(33)43-17-20-8-6-5-7-9-20/h5-13,19,25-28,31,38H,14-18H2,1-4H3/t25-,26?,27+,28-,31+,32-,33-,34+,35+/m0/s1. The molecule has 3 aliphatic heterocycles. The maximum absolute atomic E-state index is 14.0. The number of esters is 2. The normalized spacial score (nSPS) is 39.6. The lowest BCUT2D eigenvalue weighted by Crippen LogP contribution is -2.77. The van der Waals surface area contributed by atoms with Gasteiger partial charge in [0.05, 0.1) is 30.3 Å². The summed E-state index contributed by atoms with van der Waals surface area (Å²) < 4.78 is 64.4. The number of ether oxygens (including phenoxy) is 5. The molecule has 0 bridgehead atoms. The highest BCUT2D eigenvalue weighted by Gasteiger charge is 2.97. The van der Waals surface area contributed by atoms with E-state index in [4.69, 9.17) is 27.9 Å². The number of aliphatic hydroxyl groups is 1. The van der Waals surface area contributed by atoms with E-state index in [1.165, 1.54) is 31.4 Å². The lowest BCUT2D eigenvalue weighted by atomic mass is 9.45. The van der Waals surface area contributed by atoms with Gasteiger partial charge in [-0.3, -0.25) is 4.18 Å². The number of hydrogen-bond acceptors (Lipinski definition) is 11. The van der Waals surface area contributed by atoms with Crippen LogP contribution in [0, 0.1) is 17.3 Å². The molecule has 1 N–H and O–H groups in total. The molecule has 2 spiro atoms. The number of carbonyl (C=O) groups is 2. The molecule has 12 heteroatoms. The molecule has 9 atom stereocenters. The first-order valence-electron chi connectivity index (χ1n) is 16.1. The van der Waals surface area contributed by atoms with E-state index < -0.39 is 62.5 Å². The van der Waals surface area contributed by atoms with Crippen LogP contribution in [-0.4, -0.2) is 80.4 Å². The molecule has 11 nitrogen and oxygen atoms in total. The third-order valence-electron chi connectivity index (χ3n) is 11.9. The Morgan fingerprint density at radius 3 is 2.49 bits per heavy atom. The number of carbonyl (C=O) groups excluding carboxylic acids is 2. The molecule has 2 saturated heterocycles. The number of hydrogen-bond donors (Lipinski definition) is 1. The summed E-state index contributed by atoms with van der Waals surface area (Å²) in [6.45, 7) is 6.10. The van der Waals surface area contributed by atoms with Gasteiger partial charge in [0.25, 0.3) is 10.1 Å². The van der Waals surface area contributed by atoms with E-state index in [0.717, 1.165) is 11.1 Å². The Balaban J connectivity index is 1.23. The van der Waals surface area contributed by atoms with Gasteiger partial charge >= 0.3 is 11.9 Å². The van der Waals surface area contributed by atoms with Crippen molar-refractivity contribution in [1.29, 1.82) is 0 Å². The van der Waals surface area contributed by atoms with Crippen LogP contribution in [0.2, 0.25) is 0 Å². The van der Waals surface area contributed by atoms with Crippen LogP contribution >= 0.6 is 0 Å². The Morgan fingerprint density at radius 1 is 1.09 bits per heavy atom. The molecule has 0 aromatic heterocycles. The van der Waals surface area contributed by atoms with E-state index in [-0.39, 0.29) is 41.7 Å². The van der Waals surface area contributed by atoms with E-state index in [1.54, 1.807) is 0 Å². The molecule has 0 amide bonds. The van der Waals surface area contributed by atoms with E-state index >= 15 is 0 Å². The zero-order valence-corrected chi connectivity index (χ0v) is 27.5. The molecule has 250 valence electrons. The van der Waals surface area contributed by atoms with Gasteiger partial charge in [0.15, 0.2) is 5.60 Å². The highest BCUT2D eigenvalue weighted by Crippen LogP contribution is 2.80. The minimum atomic E-state index is -4.49. The minimum Gasteiger partial charge on any atom is -0.465 e. The van der Waals surface area contributed by atoms with E-state index in [2.05, 4.69) is 6.92 Å². The molecule has 1 unspecified atom stereocenters. The highest BCUT2D eigenvalue weighted by molar-refractivity contribution is 7.86. The van der Waals surface area contributed by atoms with Crippen molar-refractivity contribution in [3.8, 4) is 0 Å². The topological polar surface area (TPSA) is 150 Å². The first-order valence-corrected chi connectivity index (χ1v) is 17.5. The van der Waals surface area contributed by atoms with Crippen molar-refractivity contribution in [2.24, 2.45) is 17.3 Å². The molecule has 4 fully saturated rings. The molecule has 2 aromatic carbocycles. The molecule has 3 heterocycles. The fourth-order valence-electron chi connectivity index (χ4n) is 9.44. The predicted octanol–water partition coefficient (Wildman–Crippen LogP) is 3.48. The third kappa shape index (κ3) is 4.00. The summed E-state index contributed by atoms with van der Waals surface area (Å²) in [5.41, 5.74) is -1.85. The van der Waals surface area contributed by atoms with Gasteiger partial charge in [-0.25, -0.2) is 9.59 Å². The second-order valence-electron chi connectivity index (χ2n) is 14.2. The lowest BCUT2D eigenvalue weighted by Gasteiger charge is -2.58. The highest BCUT2D eigenvalue weighted by atomic mass is 32.2. The van der Waals surface area contributed by atoms with Crippen LogP contribution in [-0.2, 0) is 49.4 Å². The van der Waals surface area contributed by atoms with Crippen molar-refractivity contribution < 1.29 is 51.0 Å². The number of epoxide rings is 2. The smallest absolute Gasteiger partial charge is 0.337 e. The Kier molecular flexibility index (Phi) is 6.76. The van der Waals surface area contributed by atoms with Gasteiger partial charge in [-0.05, 0) is 66.5 Å². The molecule has 6 aliphatic rings. The SMILES string of the molecule is COC(=O)c1ccc(S(=O)(=O)O[C@@H]2[C@@H]3O[C@@]34[C@@]3(C)CCC5=C(COC5=O)[C@@H]3CC3O[C@@]34[C@H](OCc3ccccc3)[C@]2(O)C(C)C)cc1. The van der Waals surface area contributed by atoms with Crippen molar-refractivity contribution in [1.82, 2.24) is 0 Å². The fourth-order valence-corrected chi connectivity index (χ4v) is 10.5. The zero-order chi connectivity index (χ0) is 33.1. The molecular weight excluding hydrogens is 628 g/mol. The maximum Gasteiger partial charge on any atom is 0.337 e. The summed E-state index contributed by atoms with van der Waals surface area (Å²) in [5.74, 6) is -1.54. The van der Waals surface area contributed by atoms with Gasteiger partial charge < -0.3 is 28.8 Å². The number of fused-ring (bicyclic) bond motifs is 2. The summed E-state index contributed by atoms with van der Waals surface area (Å²) in [6.07, 6.45) is -1.91. The fraction of sp³-hybridized carbons (Fsp3) is 0.543. The van der Waals surface area contributed by atoms with E-state index in [9.17, 15) is 23.1 Å². The molecule has 47 heavy (non-hydrogen) atoms. The Bertz CT molecular complexity index is 1790.